The van der Waals surface area contributed by atoms with E-state index in [0.717, 1.165) is 31.3 Å². The van der Waals surface area contributed by atoms with Crippen LogP contribution in [0.5, 0.6) is 5.88 Å². The van der Waals surface area contributed by atoms with Crippen LogP contribution in [0.3, 0.4) is 0 Å². The first-order chi connectivity index (χ1) is 18.1. The normalized spacial score (nSPS) is 16.1. The molecule has 9 heteroatoms. The Bertz CT molecular complexity index is 1250. The highest BCUT2D eigenvalue weighted by atomic mass is 19.3. The van der Waals surface area contributed by atoms with Gasteiger partial charge < -0.3 is 20.1 Å². The van der Waals surface area contributed by atoms with Gasteiger partial charge in [-0.1, -0.05) is 24.3 Å². The molecule has 3 aromatic rings. The predicted octanol–water partition coefficient (Wildman–Crippen LogP) is 5.04. The van der Waals surface area contributed by atoms with Crippen molar-refractivity contribution in [2.24, 2.45) is 0 Å². The fraction of sp³-hybridized carbons (Fsp3) is 0.448. The highest BCUT2D eigenvalue weighted by Crippen LogP contribution is 2.27. The summed E-state index contributed by atoms with van der Waals surface area (Å²) in [6.07, 6.45) is 1.36. The number of aryl methyl sites for hydroxylation is 1. The van der Waals surface area contributed by atoms with Gasteiger partial charge in [0.25, 0.3) is 5.91 Å². The largest absolute Gasteiger partial charge is 0.475 e. The van der Waals surface area contributed by atoms with Crippen molar-refractivity contribution in [2.45, 2.75) is 63.7 Å². The van der Waals surface area contributed by atoms with E-state index < -0.39 is 30.4 Å². The molecule has 1 fully saturated rings. The van der Waals surface area contributed by atoms with Crippen molar-refractivity contribution < 1.29 is 27.8 Å². The van der Waals surface area contributed by atoms with Crippen LogP contribution in [0.25, 0.3) is 10.8 Å². The molecule has 2 heterocycles. The van der Waals surface area contributed by atoms with Gasteiger partial charge in [-0.3, -0.25) is 4.79 Å². The van der Waals surface area contributed by atoms with Crippen LogP contribution in [-0.4, -0.2) is 58.6 Å². The average Bonchev–Trinajstić information content (AvgIpc) is 3.39. The summed E-state index contributed by atoms with van der Waals surface area (Å²) in [6.45, 7) is 5.49. The minimum absolute atomic E-state index is 0.0344. The van der Waals surface area contributed by atoms with Crippen LogP contribution in [0, 0.1) is 5.82 Å². The lowest BCUT2D eigenvalue weighted by atomic mass is 10.00. The molecule has 0 aliphatic carbocycles. The van der Waals surface area contributed by atoms with Crippen LogP contribution in [0.15, 0.2) is 54.7 Å². The Morgan fingerprint density at radius 2 is 1.82 bits per heavy atom. The minimum atomic E-state index is -3.65. The van der Waals surface area contributed by atoms with Gasteiger partial charge in [0.2, 0.25) is 5.88 Å². The van der Waals surface area contributed by atoms with Crippen LogP contribution in [-0.2, 0) is 11.2 Å². The number of carbonyl (C=O) groups is 1. The van der Waals surface area contributed by atoms with E-state index >= 15 is 8.78 Å². The molecule has 0 unspecified atom stereocenters. The number of benzene rings is 2. The summed E-state index contributed by atoms with van der Waals surface area (Å²) in [6, 6.07) is 11.6. The fourth-order valence-corrected chi connectivity index (χ4v) is 4.73. The van der Waals surface area contributed by atoms with Gasteiger partial charge in [-0.15, -0.1) is 0 Å². The maximum atomic E-state index is 15.0. The molecule has 0 bridgehead atoms. The molecule has 204 valence electrons. The number of likely N-dealkylation sites (tertiary alicyclic amines) is 1. The molecule has 1 aliphatic rings. The highest BCUT2D eigenvalue weighted by molar-refractivity contribution is 5.84. The van der Waals surface area contributed by atoms with E-state index in [4.69, 9.17) is 4.74 Å². The second kappa shape index (κ2) is 12.1. The van der Waals surface area contributed by atoms with Crippen LogP contribution >= 0.6 is 0 Å². The van der Waals surface area contributed by atoms with Crippen LogP contribution in [0.1, 0.15) is 50.3 Å². The molecule has 38 heavy (non-hydrogen) atoms. The number of nitrogens with zero attached hydrogens (tertiary/aromatic N) is 2. The van der Waals surface area contributed by atoms with Gasteiger partial charge in [0.15, 0.2) is 0 Å². The number of ether oxygens (including phenoxy) is 1. The second-order valence-corrected chi connectivity index (χ2v) is 10.2. The van der Waals surface area contributed by atoms with Gasteiger partial charge in [0.1, 0.15) is 11.9 Å². The Morgan fingerprint density at radius 3 is 2.55 bits per heavy atom. The highest BCUT2D eigenvalue weighted by Gasteiger charge is 2.40. The first-order valence-corrected chi connectivity index (χ1v) is 13.0. The number of aromatic nitrogens is 1. The van der Waals surface area contributed by atoms with E-state index in [1.807, 2.05) is 13.8 Å². The summed E-state index contributed by atoms with van der Waals surface area (Å²) in [4.78, 5) is 19.0. The second-order valence-electron chi connectivity index (χ2n) is 10.2. The number of pyridine rings is 1. The zero-order valence-corrected chi connectivity index (χ0v) is 21.7. The average molecular weight is 530 g/mol. The van der Waals surface area contributed by atoms with Crippen LogP contribution in [0.2, 0.25) is 0 Å². The topological polar surface area (TPSA) is 74.7 Å². The molecule has 1 aliphatic heterocycles. The number of hydrogen-bond acceptors (Lipinski definition) is 5. The zero-order valence-electron chi connectivity index (χ0n) is 21.7. The molecule has 0 spiro atoms. The van der Waals surface area contributed by atoms with E-state index in [1.54, 1.807) is 36.4 Å². The molecular weight excluding hydrogens is 495 g/mol. The number of carbonyl (C=O) groups excluding carboxylic acids is 1. The van der Waals surface area contributed by atoms with Gasteiger partial charge in [-0.05, 0) is 86.3 Å². The third-order valence-electron chi connectivity index (χ3n) is 6.73. The van der Waals surface area contributed by atoms with Crippen molar-refractivity contribution in [3.8, 4) is 5.88 Å². The Labute approximate surface area is 220 Å². The molecule has 2 aromatic carbocycles. The first-order valence-electron chi connectivity index (χ1n) is 13.0. The third-order valence-corrected chi connectivity index (χ3v) is 6.73. The van der Waals surface area contributed by atoms with Gasteiger partial charge in [0.05, 0.1) is 12.1 Å². The molecule has 1 aromatic heterocycles. The van der Waals surface area contributed by atoms with E-state index in [2.05, 4.69) is 15.2 Å². The molecular formula is C29H34F3N3O3. The van der Waals surface area contributed by atoms with Gasteiger partial charge in [0, 0.05) is 25.2 Å². The van der Waals surface area contributed by atoms with Gasteiger partial charge >= 0.3 is 5.92 Å². The number of alkyl halides is 2. The maximum Gasteiger partial charge on any atom is 0.324 e. The Balaban J connectivity index is 1.45. The number of halogens is 3. The molecule has 0 radical (unpaired) electrons. The number of nitrogens with one attached hydrogen (secondary N) is 1. The fourth-order valence-electron chi connectivity index (χ4n) is 4.73. The Morgan fingerprint density at radius 1 is 1.11 bits per heavy atom. The quantitative estimate of drug-likeness (QED) is 0.364. The van der Waals surface area contributed by atoms with Crippen molar-refractivity contribution in [3.05, 3.63) is 71.7 Å². The Hall–Kier alpha value is -3.17. The molecule has 4 rings (SSSR count). The summed E-state index contributed by atoms with van der Waals surface area (Å²) in [5.41, 5.74) is 1.05. The lowest BCUT2D eigenvalue weighted by Crippen LogP contribution is -2.51. The Kier molecular flexibility index (Phi) is 8.89. The first kappa shape index (κ1) is 27.9. The van der Waals surface area contributed by atoms with Crippen molar-refractivity contribution >= 4 is 16.7 Å². The van der Waals surface area contributed by atoms with Crippen molar-refractivity contribution in [1.82, 2.24) is 15.2 Å². The molecule has 2 N–H and O–H groups in total. The maximum absolute atomic E-state index is 15.0. The SMILES string of the molecule is CC(C)Oc1cc([C@@H](O)[C@@H](CN2CCCC2)NC(=O)C(F)(F)CCc2ccc3cc(F)ccc3c2)ccn1. The van der Waals surface area contributed by atoms with Crippen molar-refractivity contribution in [1.29, 1.82) is 0 Å². The summed E-state index contributed by atoms with van der Waals surface area (Å²) < 4.78 is 49.1. The molecule has 2 atom stereocenters. The number of aliphatic hydroxyl groups is 1. The summed E-state index contributed by atoms with van der Waals surface area (Å²) in [7, 11) is 0. The predicted molar refractivity (Wildman–Crippen MR) is 140 cm³/mol. The minimum Gasteiger partial charge on any atom is -0.475 e. The summed E-state index contributed by atoms with van der Waals surface area (Å²) >= 11 is 0. The molecule has 1 amide bonds. The van der Waals surface area contributed by atoms with E-state index in [0.29, 0.717) is 22.4 Å². The number of fused-ring (bicyclic) bond motifs is 1. The standard InChI is InChI=1S/C29H34F3N3O3/c1-19(2)38-26-17-23(10-12-33-26)27(36)25(18-35-13-3-4-14-35)34-28(37)29(31,32)11-9-20-5-6-22-16-24(30)8-7-21(22)15-20/h5-8,10,12,15-17,19,25,27,36H,3-4,9,11,13-14,18H2,1-2H3,(H,34,37)/t25-,27-/m1/s1. The lowest BCUT2D eigenvalue weighted by molar-refractivity contribution is -0.148. The van der Waals surface area contributed by atoms with Crippen LogP contribution in [0.4, 0.5) is 13.2 Å². The van der Waals surface area contributed by atoms with Gasteiger partial charge in [-0.25, -0.2) is 9.37 Å². The van der Waals surface area contributed by atoms with Crippen LogP contribution < -0.4 is 10.1 Å². The molecule has 0 saturated carbocycles. The van der Waals surface area contributed by atoms with Crippen molar-refractivity contribution in [2.75, 3.05) is 19.6 Å². The number of amides is 1. The molecule has 6 nitrogen and oxygen atoms in total. The van der Waals surface area contributed by atoms with Gasteiger partial charge in [-0.2, -0.15) is 8.78 Å². The number of hydrogen-bond donors (Lipinski definition) is 2. The monoisotopic (exact) mass is 529 g/mol. The van der Waals surface area contributed by atoms with E-state index in [1.165, 1.54) is 18.3 Å². The smallest absolute Gasteiger partial charge is 0.324 e. The summed E-state index contributed by atoms with van der Waals surface area (Å²) in [5, 5.41) is 15.0. The third kappa shape index (κ3) is 7.23. The molecule has 1 saturated heterocycles. The lowest BCUT2D eigenvalue weighted by Gasteiger charge is -2.30. The number of rotatable bonds is 11. The summed E-state index contributed by atoms with van der Waals surface area (Å²) in [5.74, 6) is -5.12. The number of aliphatic hydroxyl groups excluding tert-OH is 1. The zero-order chi connectivity index (χ0) is 27.3. The van der Waals surface area contributed by atoms with E-state index in [9.17, 15) is 14.3 Å². The van der Waals surface area contributed by atoms with Crippen molar-refractivity contribution in [3.63, 3.8) is 0 Å². The van der Waals surface area contributed by atoms with E-state index in [-0.39, 0.29) is 24.9 Å².